The summed E-state index contributed by atoms with van der Waals surface area (Å²) in [6, 6.07) is 6.68. The van der Waals surface area contributed by atoms with Crippen LogP contribution in [0.15, 0.2) is 22.4 Å². The van der Waals surface area contributed by atoms with Gasteiger partial charge in [0.25, 0.3) is 0 Å². The van der Waals surface area contributed by atoms with Gasteiger partial charge in [0, 0.05) is 10.0 Å². The van der Waals surface area contributed by atoms with Crippen molar-refractivity contribution < 1.29 is 0 Å². The van der Waals surface area contributed by atoms with Crippen molar-refractivity contribution in [3.8, 4) is 0 Å². The van der Waals surface area contributed by atoms with Gasteiger partial charge in [-0.05, 0) is 41.1 Å². The van der Waals surface area contributed by atoms with Crippen LogP contribution in [-0.2, 0) is 11.8 Å². The van der Waals surface area contributed by atoms with E-state index in [1.165, 1.54) is 21.2 Å². The molecule has 0 aliphatic heterocycles. The van der Waals surface area contributed by atoms with E-state index in [4.69, 9.17) is 0 Å². The fourth-order valence-electron chi connectivity index (χ4n) is 1.62. The molecule has 0 radical (unpaired) electrons. The van der Waals surface area contributed by atoms with Crippen molar-refractivity contribution in [2.75, 3.05) is 0 Å². The summed E-state index contributed by atoms with van der Waals surface area (Å²) in [4.78, 5) is 0. The largest absolute Gasteiger partial charge is 0.133 e. The van der Waals surface area contributed by atoms with E-state index in [0.717, 1.165) is 16.0 Å². The first-order valence-electron chi connectivity index (χ1n) is 4.55. The first-order chi connectivity index (χ1) is 6.74. The minimum atomic E-state index is 0.934. The minimum absolute atomic E-state index is 0.934. The van der Waals surface area contributed by atoms with Crippen molar-refractivity contribution in [3.05, 3.63) is 29.3 Å². The highest BCUT2D eigenvalue weighted by atomic mass is 79.9. The Bertz CT molecular complexity index is 419. The highest BCUT2D eigenvalue weighted by Gasteiger charge is 2.05. The normalized spacial score (nSPS) is 11.1. The molecule has 1 heterocycles. The zero-order valence-corrected chi connectivity index (χ0v) is 11.2. The van der Waals surface area contributed by atoms with Crippen LogP contribution >= 0.6 is 39.9 Å². The molecule has 3 heteroatoms. The molecule has 0 bridgehead atoms. The average Bonchev–Trinajstić information content (AvgIpc) is 2.54. The Morgan fingerprint density at radius 1 is 1.29 bits per heavy atom. The summed E-state index contributed by atoms with van der Waals surface area (Å²) in [7, 11) is 0. The van der Waals surface area contributed by atoms with Crippen molar-refractivity contribution in [1.29, 1.82) is 0 Å². The highest BCUT2D eigenvalue weighted by molar-refractivity contribution is 9.08. The van der Waals surface area contributed by atoms with E-state index < -0.39 is 0 Å². The lowest BCUT2D eigenvalue weighted by molar-refractivity contribution is 1.11. The molecule has 0 amide bonds. The lowest BCUT2D eigenvalue weighted by atomic mass is 10.1. The van der Waals surface area contributed by atoms with E-state index in [1.54, 1.807) is 11.3 Å². The van der Waals surface area contributed by atoms with Crippen LogP contribution in [0.5, 0.6) is 0 Å². The predicted molar refractivity (Wildman–Crippen MR) is 71.1 cm³/mol. The standard InChI is InChI=1S/C11H11BrS2/c1-2-7-4-10-8(3-9(7)6-12)5-11(13)14-10/h3-5,13H,2,6H2,1H3. The van der Waals surface area contributed by atoms with Gasteiger partial charge < -0.3 is 0 Å². The van der Waals surface area contributed by atoms with E-state index in [9.17, 15) is 0 Å². The van der Waals surface area contributed by atoms with Crippen molar-refractivity contribution >= 4 is 50.0 Å². The van der Waals surface area contributed by atoms with Gasteiger partial charge in [0.1, 0.15) is 0 Å². The van der Waals surface area contributed by atoms with Gasteiger partial charge >= 0.3 is 0 Å². The smallest absolute Gasteiger partial charge is 0.0580 e. The molecule has 14 heavy (non-hydrogen) atoms. The maximum Gasteiger partial charge on any atom is 0.0580 e. The molecule has 2 aromatic rings. The molecular weight excluding hydrogens is 276 g/mol. The molecule has 1 aromatic carbocycles. The summed E-state index contributed by atoms with van der Waals surface area (Å²) in [5.74, 6) is 0. The molecule has 2 rings (SSSR count). The molecule has 0 aliphatic rings. The third-order valence-electron chi connectivity index (χ3n) is 2.35. The SMILES string of the molecule is CCc1cc2sc(S)cc2cc1CBr. The van der Waals surface area contributed by atoms with Crippen LogP contribution in [0.1, 0.15) is 18.1 Å². The average molecular weight is 287 g/mol. The van der Waals surface area contributed by atoms with Crippen LogP contribution in [0.25, 0.3) is 10.1 Å². The molecule has 74 valence electrons. The molecule has 0 spiro atoms. The Balaban J connectivity index is 2.68. The maximum absolute atomic E-state index is 4.38. The minimum Gasteiger partial charge on any atom is -0.133 e. The third kappa shape index (κ3) is 1.86. The Morgan fingerprint density at radius 3 is 2.71 bits per heavy atom. The third-order valence-corrected chi connectivity index (χ3v) is 4.26. The summed E-state index contributed by atoms with van der Waals surface area (Å²) >= 11 is 9.65. The van der Waals surface area contributed by atoms with Gasteiger partial charge in [0.15, 0.2) is 0 Å². The Kier molecular flexibility index (Phi) is 3.20. The fraction of sp³-hybridized carbons (Fsp3) is 0.273. The summed E-state index contributed by atoms with van der Waals surface area (Å²) in [5, 5.41) is 2.25. The lowest BCUT2D eigenvalue weighted by Gasteiger charge is -2.04. The van der Waals surface area contributed by atoms with Crippen LogP contribution in [0, 0.1) is 0 Å². The molecule has 1 aromatic heterocycles. The van der Waals surface area contributed by atoms with Gasteiger partial charge in [-0.2, -0.15) is 0 Å². The molecule has 0 unspecified atom stereocenters. The number of fused-ring (bicyclic) bond motifs is 1. The zero-order valence-electron chi connectivity index (χ0n) is 7.88. The van der Waals surface area contributed by atoms with Gasteiger partial charge in [-0.3, -0.25) is 0 Å². The van der Waals surface area contributed by atoms with Gasteiger partial charge in [-0.1, -0.05) is 22.9 Å². The van der Waals surface area contributed by atoms with Crippen LogP contribution in [0.2, 0.25) is 0 Å². The monoisotopic (exact) mass is 286 g/mol. The molecule has 0 N–H and O–H groups in total. The second kappa shape index (κ2) is 4.25. The summed E-state index contributed by atoms with van der Waals surface area (Å²) in [6.07, 6.45) is 1.09. The quantitative estimate of drug-likeness (QED) is 0.603. The summed E-state index contributed by atoms with van der Waals surface area (Å²) in [5.41, 5.74) is 2.83. The van der Waals surface area contributed by atoms with Crippen LogP contribution in [0.4, 0.5) is 0 Å². The molecule has 0 fully saturated rings. The second-order valence-electron chi connectivity index (χ2n) is 3.23. The number of thiophene rings is 1. The van der Waals surface area contributed by atoms with E-state index in [0.29, 0.717) is 0 Å². The number of halogens is 1. The Labute approximate surface area is 102 Å². The summed E-state index contributed by atoms with van der Waals surface area (Å²) in [6.45, 7) is 2.20. The predicted octanol–water partition coefficient (Wildman–Crippen LogP) is 4.65. The van der Waals surface area contributed by atoms with Crippen LogP contribution in [-0.4, -0.2) is 0 Å². The number of benzene rings is 1. The molecule has 0 atom stereocenters. The van der Waals surface area contributed by atoms with Gasteiger partial charge in [-0.15, -0.1) is 24.0 Å². The number of aryl methyl sites for hydroxylation is 1. The van der Waals surface area contributed by atoms with Gasteiger partial charge in [-0.25, -0.2) is 0 Å². The topological polar surface area (TPSA) is 0 Å². The number of alkyl halides is 1. The van der Waals surface area contributed by atoms with Crippen molar-refractivity contribution in [2.45, 2.75) is 22.9 Å². The van der Waals surface area contributed by atoms with Crippen LogP contribution in [0.3, 0.4) is 0 Å². The van der Waals surface area contributed by atoms with E-state index in [-0.39, 0.29) is 0 Å². The van der Waals surface area contributed by atoms with Crippen molar-refractivity contribution in [3.63, 3.8) is 0 Å². The number of hydrogen-bond acceptors (Lipinski definition) is 2. The van der Waals surface area contributed by atoms with Gasteiger partial charge in [0.2, 0.25) is 0 Å². The second-order valence-corrected chi connectivity index (χ2v) is 5.66. The molecule has 0 saturated heterocycles. The molecular formula is C11H11BrS2. The zero-order chi connectivity index (χ0) is 10.1. The lowest BCUT2D eigenvalue weighted by Crippen LogP contribution is -1.87. The number of thiol groups is 1. The molecule has 0 aliphatic carbocycles. The number of rotatable bonds is 2. The highest BCUT2D eigenvalue weighted by Crippen LogP contribution is 2.31. The van der Waals surface area contributed by atoms with E-state index in [1.807, 2.05) is 0 Å². The van der Waals surface area contributed by atoms with Crippen molar-refractivity contribution in [1.82, 2.24) is 0 Å². The fourth-order valence-corrected chi connectivity index (χ4v) is 3.42. The summed E-state index contributed by atoms with van der Waals surface area (Å²) < 4.78 is 2.44. The molecule has 0 nitrogen and oxygen atoms in total. The Hall–Kier alpha value is 0.01000. The van der Waals surface area contributed by atoms with Crippen molar-refractivity contribution in [2.24, 2.45) is 0 Å². The number of hydrogen-bond donors (Lipinski definition) is 1. The molecule has 0 saturated carbocycles. The van der Waals surface area contributed by atoms with E-state index >= 15 is 0 Å². The Morgan fingerprint density at radius 2 is 2.07 bits per heavy atom. The first kappa shape index (κ1) is 10.5. The van der Waals surface area contributed by atoms with E-state index in [2.05, 4.69) is 53.7 Å². The van der Waals surface area contributed by atoms with Gasteiger partial charge in [0.05, 0.1) is 4.21 Å². The maximum atomic E-state index is 4.38. The van der Waals surface area contributed by atoms with Crippen LogP contribution < -0.4 is 0 Å². The first-order valence-corrected chi connectivity index (χ1v) is 6.93.